The lowest BCUT2D eigenvalue weighted by molar-refractivity contribution is 0.400. The number of hydrogen-bond acceptors (Lipinski definition) is 7. The molecule has 0 amide bonds. The first kappa shape index (κ1) is 20.4. The van der Waals surface area contributed by atoms with Crippen LogP contribution < -0.4 is 15.2 Å². The Morgan fingerprint density at radius 2 is 1.68 bits per heavy atom. The van der Waals surface area contributed by atoms with Gasteiger partial charge < -0.3 is 15.2 Å². The highest BCUT2D eigenvalue weighted by molar-refractivity contribution is 7.91. The van der Waals surface area contributed by atoms with Crippen molar-refractivity contribution >= 4 is 15.5 Å². The number of benzene rings is 3. The van der Waals surface area contributed by atoms with Gasteiger partial charge in [0.2, 0.25) is 9.84 Å². The Bertz CT molecular complexity index is 1330. The van der Waals surface area contributed by atoms with Gasteiger partial charge in [0, 0.05) is 17.3 Å². The van der Waals surface area contributed by atoms with Crippen molar-refractivity contribution < 1.29 is 17.9 Å². The highest BCUT2D eigenvalue weighted by Gasteiger charge is 2.23. The number of nitrogen functional groups attached to an aromatic ring is 1. The minimum atomic E-state index is -3.79. The number of ether oxygens (including phenoxy) is 2. The zero-order valence-electron chi connectivity index (χ0n) is 16.9. The molecular weight excluding hydrogens is 416 g/mol. The Labute approximate surface area is 179 Å². The Morgan fingerprint density at radius 1 is 0.935 bits per heavy atom. The summed E-state index contributed by atoms with van der Waals surface area (Å²) in [5.41, 5.74) is 7.64. The van der Waals surface area contributed by atoms with E-state index in [9.17, 15) is 8.42 Å². The fourth-order valence-electron chi connectivity index (χ4n) is 3.17. The van der Waals surface area contributed by atoms with Crippen molar-refractivity contribution in [2.75, 3.05) is 20.0 Å². The molecule has 2 N–H and O–H groups in total. The zero-order chi connectivity index (χ0) is 22.0. The second-order valence-corrected chi connectivity index (χ2v) is 8.57. The summed E-state index contributed by atoms with van der Waals surface area (Å²) in [6.45, 7) is 0. The molecule has 0 aliphatic heterocycles. The number of sulfone groups is 1. The van der Waals surface area contributed by atoms with E-state index < -0.39 is 9.84 Å². The summed E-state index contributed by atoms with van der Waals surface area (Å²) in [5, 5.41) is 8.38. The van der Waals surface area contributed by atoms with Crippen LogP contribution in [0.5, 0.6) is 11.5 Å². The molecule has 4 rings (SSSR count). The molecule has 31 heavy (non-hydrogen) atoms. The molecule has 0 spiro atoms. The molecule has 9 heteroatoms. The second-order valence-electron chi connectivity index (χ2n) is 6.65. The van der Waals surface area contributed by atoms with E-state index in [1.807, 2.05) is 0 Å². The van der Waals surface area contributed by atoms with Crippen LogP contribution in [0.2, 0.25) is 0 Å². The Balaban J connectivity index is 1.81. The van der Waals surface area contributed by atoms with Gasteiger partial charge in [0.15, 0.2) is 0 Å². The van der Waals surface area contributed by atoms with Crippen LogP contribution in [-0.2, 0) is 9.84 Å². The molecule has 0 saturated heterocycles. The first-order chi connectivity index (χ1) is 14.9. The smallest absolute Gasteiger partial charge is 0.207 e. The van der Waals surface area contributed by atoms with Crippen LogP contribution in [0.4, 0.5) is 5.69 Å². The third-order valence-electron chi connectivity index (χ3n) is 4.77. The fraction of sp³-hybridized carbons (Fsp3) is 0.0909. The van der Waals surface area contributed by atoms with Crippen LogP contribution in [0.25, 0.3) is 16.9 Å². The average Bonchev–Trinajstić information content (AvgIpc) is 3.29. The summed E-state index contributed by atoms with van der Waals surface area (Å²) in [4.78, 5) is 0.278. The van der Waals surface area contributed by atoms with Crippen molar-refractivity contribution in [1.29, 1.82) is 0 Å². The number of methoxy groups -OCH3 is 2. The van der Waals surface area contributed by atoms with Crippen LogP contribution >= 0.6 is 0 Å². The summed E-state index contributed by atoms with van der Waals surface area (Å²) < 4.78 is 38.7. The minimum Gasteiger partial charge on any atom is -0.497 e. The van der Waals surface area contributed by atoms with E-state index in [2.05, 4.69) is 10.3 Å². The number of rotatable bonds is 6. The summed E-state index contributed by atoms with van der Waals surface area (Å²) in [6.07, 6.45) is 1.65. The molecule has 0 aliphatic rings. The van der Waals surface area contributed by atoms with Crippen molar-refractivity contribution in [1.82, 2.24) is 15.0 Å². The lowest BCUT2D eigenvalue weighted by Gasteiger charge is -2.10. The van der Waals surface area contributed by atoms with E-state index in [0.29, 0.717) is 34.1 Å². The highest BCUT2D eigenvalue weighted by Crippen LogP contribution is 2.32. The predicted octanol–water partition coefficient (Wildman–Crippen LogP) is 3.37. The molecule has 8 nitrogen and oxygen atoms in total. The van der Waals surface area contributed by atoms with Gasteiger partial charge in [0.05, 0.1) is 30.2 Å². The lowest BCUT2D eigenvalue weighted by atomic mass is 10.2. The van der Waals surface area contributed by atoms with E-state index in [4.69, 9.17) is 15.2 Å². The van der Waals surface area contributed by atoms with Crippen LogP contribution in [0.3, 0.4) is 0 Å². The minimum absolute atomic E-state index is 0.129. The van der Waals surface area contributed by atoms with Gasteiger partial charge in [-0.2, -0.15) is 0 Å². The first-order valence-corrected chi connectivity index (χ1v) is 10.8. The molecule has 158 valence electrons. The fourth-order valence-corrected chi connectivity index (χ4v) is 4.64. The van der Waals surface area contributed by atoms with Gasteiger partial charge in [-0.05, 0) is 42.5 Å². The number of aromatic nitrogens is 3. The van der Waals surface area contributed by atoms with Crippen molar-refractivity contribution in [2.24, 2.45) is 0 Å². The summed E-state index contributed by atoms with van der Waals surface area (Å²) in [7, 11) is -0.671. The summed E-state index contributed by atoms with van der Waals surface area (Å²) in [5.74, 6) is 1.19. The molecule has 1 aromatic heterocycles. The zero-order valence-corrected chi connectivity index (χ0v) is 17.7. The van der Waals surface area contributed by atoms with E-state index in [-0.39, 0.29) is 9.79 Å². The largest absolute Gasteiger partial charge is 0.497 e. The Hall–Kier alpha value is -3.85. The van der Waals surface area contributed by atoms with Gasteiger partial charge >= 0.3 is 0 Å². The molecule has 0 saturated carbocycles. The number of nitrogens with zero attached hydrogens (tertiary/aromatic N) is 3. The number of anilines is 1. The molecule has 3 aromatic carbocycles. The van der Waals surface area contributed by atoms with Gasteiger partial charge in [-0.15, -0.1) is 5.10 Å². The first-order valence-electron chi connectivity index (χ1n) is 9.29. The summed E-state index contributed by atoms with van der Waals surface area (Å²) in [6, 6.07) is 18.0. The molecule has 0 aliphatic carbocycles. The van der Waals surface area contributed by atoms with Gasteiger partial charge in [-0.3, -0.25) is 0 Å². The monoisotopic (exact) mass is 436 g/mol. The standard InChI is InChI=1S/C22H20N4O4S/c1-29-16-9-12-21(30-2)20(13-16)26-14-19(24-25-26)18-5-3-4-6-22(18)31(27,28)17-10-7-15(23)8-11-17/h3-14H,23H2,1-2H3. The van der Waals surface area contributed by atoms with Crippen molar-refractivity contribution in [3.8, 4) is 28.4 Å². The Kier molecular flexibility index (Phi) is 5.35. The maximum absolute atomic E-state index is 13.3. The van der Waals surface area contributed by atoms with Gasteiger partial charge in [0.1, 0.15) is 22.9 Å². The molecule has 0 bridgehead atoms. The molecule has 0 atom stereocenters. The van der Waals surface area contributed by atoms with Crippen LogP contribution in [0.1, 0.15) is 0 Å². The molecule has 1 heterocycles. The van der Waals surface area contributed by atoms with Crippen LogP contribution in [0.15, 0.2) is 82.7 Å². The van der Waals surface area contributed by atoms with Crippen LogP contribution in [-0.4, -0.2) is 37.6 Å². The summed E-state index contributed by atoms with van der Waals surface area (Å²) >= 11 is 0. The Morgan fingerprint density at radius 3 is 2.39 bits per heavy atom. The van der Waals surface area contributed by atoms with Crippen molar-refractivity contribution in [3.63, 3.8) is 0 Å². The topological polar surface area (TPSA) is 109 Å². The third-order valence-corrected chi connectivity index (χ3v) is 6.60. The average molecular weight is 436 g/mol. The third kappa shape index (κ3) is 3.82. The SMILES string of the molecule is COc1ccc(OC)c(-n2cc(-c3ccccc3S(=O)(=O)c3ccc(N)cc3)nn2)c1. The predicted molar refractivity (Wildman–Crippen MR) is 116 cm³/mol. The van der Waals surface area contributed by atoms with Crippen LogP contribution in [0, 0.1) is 0 Å². The van der Waals surface area contributed by atoms with Gasteiger partial charge in [-0.1, -0.05) is 23.4 Å². The van der Waals surface area contributed by atoms with E-state index in [1.165, 1.54) is 16.8 Å². The normalized spacial score (nSPS) is 11.3. The number of hydrogen-bond donors (Lipinski definition) is 1. The number of nitrogens with two attached hydrogens (primary N) is 1. The second kappa shape index (κ2) is 8.11. The van der Waals surface area contributed by atoms with Gasteiger partial charge in [-0.25, -0.2) is 13.1 Å². The molecule has 0 fully saturated rings. The van der Waals surface area contributed by atoms with Crippen molar-refractivity contribution in [2.45, 2.75) is 9.79 Å². The quantitative estimate of drug-likeness (QED) is 0.462. The molecular formula is C22H20N4O4S. The lowest BCUT2D eigenvalue weighted by Crippen LogP contribution is -2.04. The molecule has 4 aromatic rings. The van der Waals surface area contributed by atoms with Crippen molar-refractivity contribution in [3.05, 3.63) is 72.9 Å². The van der Waals surface area contributed by atoms with E-state index in [1.54, 1.807) is 75.0 Å². The molecule has 0 unspecified atom stereocenters. The van der Waals surface area contributed by atoms with E-state index in [0.717, 1.165) is 0 Å². The maximum Gasteiger partial charge on any atom is 0.207 e. The molecule has 0 radical (unpaired) electrons. The van der Waals surface area contributed by atoms with E-state index >= 15 is 0 Å². The maximum atomic E-state index is 13.3. The highest BCUT2D eigenvalue weighted by atomic mass is 32.2. The van der Waals surface area contributed by atoms with Gasteiger partial charge in [0.25, 0.3) is 0 Å².